The third-order valence-electron chi connectivity index (χ3n) is 2.55. The molecule has 0 aliphatic heterocycles. The average Bonchev–Trinajstić information content (AvgIpc) is 2.80. The summed E-state index contributed by atoms with van der Waals surface area (Å²) < 4.78 is 0. The van der Waals surface area contributed by atoms with Gasteiger partial charge in [-0.15, -0.1) is 14.7 Å². The van der Waals surface area contributed by atoms with Crippen LogP contribution in [0.3, 0.4) is 0 Å². The van der Waals surface area contributed by atoms with Gasteiger partial charge in [0.2, 0.25) is 0 Å². The van der Waals surface area contributed by atoms with Crippen LogP contribution in [0.1, 0.15) is 0 Å². The average molecular weight is 678 g/mol. The van der Waals surface area contributed by atoms with Crippen LogP contribution in [0.15, 0.2) is 102 Å². The molecular formula is C18H12Fe3N3O3S6. The van der Waals surface area contributed by atoms with E-state index in [1.807, 2.05) is 72.8 Å². The quantitative estimate of drug-likeness (QED) is 0.261. The monoisotopic (exact) mass is 678 g/mol. The van der Waals surface area contributed by atoms with Crippen LogP contribution in [-0.2, 0) is 127 Å². The molecule has 0 fully saturated rings. The minimum absolute atomic E-state index is 0. The molecular weight excluding hydrogens is 666 g/mol. The molecule has 0 spiro atoms. The Bertz CT molecular complexity index is 674. The molecule has 15 heteroatoms. The van der Waals surface area contributed by atoms with Crippen LogP contribution in [-0.4, -0.2) is 0 Å². The summed E-state index contributed by atoms with van der Waals surface area (Å²) in [4.78, 5) is 26.3. The molecule has 0 amide bonds. The van der Waals surface area contributed by atoms with Crippen molar-refractivity contribution in [2.24, 2.45) is 0 Å². The Morgan fingerprint density at radius 3 is 0.485 bits per heavy atom. The second-order valence-corrected chi connectivity index (χ2v) is 6.98. The Morgan fingerprint density at radius 1 is 0.333 bits per heavy atom. The van der Waals surface area contributed by atoms with Gasteiger partial charge in [0, 0.05) is 0 Å². The van der Waals surface area contributed by atoms with Crippen LogP contribution in [0.25, 0.3) is 0 Å². The van der Waals surface area contributed by atoms with Crippen molar-refractivity contribution in [2.45, 2.75) is 29.4 Å². The smallest absolute Gasteiger partial charge is 0.781 e. The van der Waals surface area contributed by atoms with Crippen LogP contribution >= 0.6 is 0 Å². The summed E-state index contributed by atoms with van der Waals surface area (Å²) in [5.74, 6) is 0. The van der Waals surface area contributed by atoms with Crippen molar-refractivity contribution in [1.82, 2.24) is 16.8 Å². The van der Waals surface area contributed by atoms with Gasteiger partial charge in [0.1, 0.15) is 16.8 Å². The van der Waals surface area contributed by atoms with E-state index in [4.69, 9.17) is 107 Å². The number of hydrogen-bond donors (Lipinski definition) is 0. The zero-order valence-electron chi connectivity index (χ0n) is 16.0. The van der Waals surface area contributed by atoms with E-state index >= 15 is 0 Å². The molecule has 0 saturated carbocycles. The van der Waals surface area contributed by atoms with Crippen molar-refractivity contribution in [3.63, 3.8) is 0 Å². The van der Waals surface area contributed by atoms with Crippen molar-refractivity contribution in [2.75, 3.05) is 0 Å². The fraction of sp³-hybridized carbons (Fsp3) is 0. The normalized spacial score (nSPS) is 6.91. The molecule has 0 atom stereocenters. The fourth-order valence-electron chi connectivity index (χ4n) is 1.35. The van der Waals surface area contributed by atoms with Gasteiger partial charge in [-0.05, 0) is 0 Å². The SMILES string of the molecule is [Fe+2].[Fe+2].[Fe+2].[N]=O.[N]=O.[N]=O.[S-]c1ccccc1[S-].[S-]c1ccccc1[S-].[S-]c1ccccc1[S-]. The largest absolute Gasteiger partial charge is 2.00 e. The molecule has 3 aromatic rings. The van der Waals surface area contributed by atoms with Gasteiger partial charge in [0.25, 0.3) is 0 Å². The second kappa shape index (κ2) is 33.5. The molecule has 6 nitrogen and oxygen atoms in total. The first kappa shape index (κ1) is 45.8. The molecule has 0 aromatic heterocycles. The predicted molar refractivity (Wildman–Crippen MR) is 130 cm³/mol. The predicted octanol–water partition coefficient (Wildman–Crippen LogP) is 3.15. The van der Waals surface area contributed by atoms with E-state index in [0.717, 1.165) is 29.4 Å². The van der Waals surface area contributed by atoms with E-state index in [1.54, 1.807) is 0 Å². The van der Waals surface area contributed by atoms with Crippen LogP contribution < -0.4 is 16.8 Å². The number of rotatable bonds is 0. The maximum Gasteiger partial charge on any atom is 2.00 e. The number of nitrogens with zero attached hydrogens (tertiary/aromatic N) is 3. The number of benzene rings is 3. The number of nitroso groups, excluding NO2 is 3. The van der Waals surface area contributed by atoms with Gasteiger partial charge in [-0.25, -0.2) is 0 Å². The molecule has 177 valence electrons. The van der Waals surface area contributed by atoms with Crippen LogP contribution in [0.5, 0.6) is 0 Å². The standard InChI is InChI=1S/3C6H6S2.3Fe.3NO/c3*7-5-3-1-2-4-6(5)8;;;;3*1-2/h3*1-4,7-8H;;;;;;/q;;;3*+2;;;/p-6. The molecule has 0 unspecified atom stereocenters. The third-order valence-corrected chi connectivity index (χ3v) is 5.07. The van der Waals surface area contributed by atoms with Gasteiger partial charge in [0.05, 0.1) is 0 Å². The van der Waals surface area contributed by atoms with Crippen molar-refractivity contribution >= 4 is 75.8 Å². The summed E-state index contributed by atoms with van der Waals surface area (Å²) in [6.45, 7) is 0. The zero-order valence-corrected chi connectivity index (χ0v) is 24.2. The first-order valence-electron chi connectivity index (χ1n) is 7.25. The molecule has 3 radical (unpaired) electrons. The summed E-state index contributed by atoms with van der Waals surface area (Å²) in [5.41, 5.74) is 17.2. The van der Waals surface area contributed by atoms with E-state index in [9.17, 15) is 0 Å². The van der Waals surface area contributed by atoms with Gasteiger partial charge in [-0.3, -0.25) is 0 Å². The van der Waals surface area contributed by atoms with Crippen LogP contribution in [0.2, 0.25) is 0 Å². The molecule has 0 saturated heterocycles. The first-order chi connectivity index (χ1) is 14.4. The maximum atomic E-state index is 7.25. The van der Waals surface area contributed by atoms with Gasteiger partial charge in [0.15, 0.2) is 0 Å². The molecule has 0 heterocycles. The van der Waals surface area contributed by atoms with Gasteiger partial charge in [-0.2, -0.15) is 29.4 Å². The van der Waals surface area contributed by atoms with Crippen LogP contribution in [0.4, 0.5) is 0 Å². The minimum Gasteiger partial charge on any atom is -0.781 e. The Labute approximate surface area is 258 Å². The molecule has 33 heavy (non-hydrogen) atoms. The molecule has 0 aliphatic rings. The van der Waals surface area contributed by atoms with Gasteiger partial charge < -0.3 is 75.8 Å². The second-order valence-electron chi connectivity index (χ2n) is 4.34. The summed E-state index contributed by atoms with van der Waals surface area (Å²) in [5, 5.41) is 0. The maximum absolute atomic E-state index is 7.25. The van der Waals surface area contributed by atoms with E-state index in [0.29, 0.717) is 0 Å². The van der Waals surface area contributed by atoms with Gasteiger partial charge in [-0.1, -0.05) is 72.8 Å². The van der Waals surface area contributed by atoms with E-state index in [1.165, 1.54) is 0 Å². The molecule has 0 aliphatic carbocycles. The Hall–Kier alpha value is -0.662. The third kappa shape index (κ3) is 25.8. The number of hydrogen-bond acceptors (Lipinski definition) is 9. The van der Waals surface area contributed by atoms with E-state index < -0.39 is 0 Å². The summed E-state index contributed by atoms with van der Waals surface area (Å²) in [6.07, 6.45) is 0. The Morgan fingerprint density at radius 2 is 0.424 bits per heavy atom. The van der Waals surface area contributed by atoms with Crippen molar-refractivity contribution in [3.8, 4) is 0 Å². The van der Waals surface area contributed by atoms with Crippen molar-refractivity contribution in [3.05, 3.63) is 87.5 Å². The van der Waals surface area contributed by atoms with Crippen molar-refractivity contribution in [1.29, 1.82) is 0 Å². The van der Waals surface area contributed by atoms with Gasteiger partial charge >= 0.3 is 51.2 Å². The summed E-state index contributed by atoms with van der Waals surface area (Å²) >= 11 is 29.1. The molecule has 0 N–H and O–H groups in total. The Kier molecular flexibility index (Phi) is 46.5. The topological polar surface area (TPSA) is 118 Å². The van der Waals surface area contributed by atoms with Crippen molar-refractivity contribution < 1.29 is 51.2 Å². The summed E-state index contributed by atoms with van der Waals surface area (Å²) in [7, 11) is 0. The summed E-state index contributed by atoms with van der Waals surface area (Å²) in [6, 6.07) is 22.3. The first-order valence-corrected chi connectivity index (χ1v) is 9.70. The van der Waals surface area contributed by atoms with Crippen LogP contribution in [0, 0.1) is 14.7 Å². The molecule has 0 bridgehead atoms. The zero-order chi connectivity index (χ0) is 23.9. The van der Waals surface area contributed by atoms with E-state index in [-0.39, 0.29) is 51.2 Å². The molecule has 3 rings (SSSR count). The minimum atomic E-state index is 0. The fourth-order valence-corrected chi connectivity index (χ4v) is 2.23. The Balaban J connectivity index is -0.0000000713. The van der Waals surface area contributed by atoms with E-state index in [2.05, 4.69) is 0 Å². The molecule has 3 aromatic carbocycles.